The Labute approximate surface area is 172 Å². The van der Waals surface area contributed by atoms with Crippen LogP contribution in [0.5, 0.6) is 0 Å². The maximum Gasteiger partial charge on any atom is 0.433 e. The van der Waals surface area contributed by atoms with Crippen molar-refractivity contribution in [3.63, 3.8) is 0 Å². The van der Waals surface area contributed by atoms with Crippen LogP contribution in [0.1, 0.15) is 25.8 Å². The molecule has 148 valence electrons. The molecule has 0 spiro atoms. The van der Waals surface area contributed by atoms with Gasteiger partial charge in [0.25, 0.3) is 0 Å². The lowest BCUT2D eigenvalue weighted by molar-refractivity contribution is 0.0774. The average molecular weight is 403 g/mol. The Hall–Kier alpha value is -2.64. The number of cyclic esters (lactones) is 1. The van der Waals surface area contributed by atoms with E-state index in [1.54, 1.807) is 0 Å². The van der Waals surface area contributed by atoms with E-state index in [1.807, 2.05) is 54.6 Å². The van der Waals surface area contributed by atoms with Crippen LogP contribution < -0.4 is 10.6 Å². The lowest BCUT2D eigenvalue weighted by Gasteiger charge is -2.47. The third kappa shape index (κ3) is 3.56. The summed E-state index contributed by atoms with van der Waals surface area (Å²) in [5.74, 6) is 0. The standard InChI is InChI=1S/C25H26NO2P/c1-25(2)23(19-18-20-12-6-3-7-13-20)28-24(27)26-29(25,21-14-8-4-9-15-21)22-16-10-5-11-17-22/h3-17,23H,18-19H2,1-2H3. The van der Waals surface area contributed by atoms with E-state index in [2.05, 4.69) is 50.2 Å². The summed E-state index contributed by atoms with van der Waals surface area (Å²) in [7, 11) is -2.38. The molecule has 1 unspecified atom stereocenters. The smallest absolute Gasteiger partial charge is 0.433 e. The molecule has 1 amide bonds. The number of amides is 1. The van der Waals surface area contributed by atoms with Crippen molar-refractivity contribution in [1.82, 2.24) is 0 Å². The topological polar surface area (TPSA) is 38.7 Å². The molecule has 0 radical (unpaired) electrons. The Morgan fingerprint density at radius 1 is 0.828 bits per heavy atom. The number of hydrogen-bond donors (Lipinski definition) is 0. The zero-order valence-corrected chi connectivity index (χ0v) is 17.8. The molecule has 0 saturated carbocycles. The second kappa shape index (κ2) is 8.00. The molecule has 3 aromatic carbocycles. The maximum atomic E-state index is 12.8. The summed E-state index contributed by atoms with van der Waals surface area (Å²) in [6.07, 6.45) is 0.996. The Bertz CT molecular complexity index is 987. The van der Waals surface area contributed by atoms with Gasteiger partial charge in [-0.05, 0) is 29.0 Å². The van der Waals surface area contributed by atoms with Crippen molar-refractivity contribution >= 4 is 23.8 Å². The molecule has 0 bridgehead atoms. The second-order valence-electron chi connectivity index (χ2n) is 7.96. The van der Waals surface area contributed by atoms with Crippen molar-refractivity contribution in [3.8, 4) is 0 Å². The quantitative estimate of drug-likeness (QED) is 0.508. The lowest BCUT2D eigenvalue weighted by atomic mass is 9.98. The minimum absolute atomic E-state index is 0.207. The summed E-state index contributed by atoms with van der Waals surface area (Å²) >= 11 is 0. The van der Waals surface area contributed by atoms with Crippen LogP contribution in [-0.2, 0) is 11.2 Å². The average Bonchev–Trinajstić information content (AvgIpc) is 2.76. The van der Waals surface area contributed by atoms with E-state index in [-0.39, 0.29) is 11.3 Å². The molecule has 4 rings (SSSR count). The molecule has 1 aliphatic heterocycles. The van der Waals surface area contributed by atoms with Crippen molar-refractivity contribution in [3.05, 3.63) is 96.6 Å². The van der Waals surface area contributed by atoms with Crippen LogP contribution in [0.15, 0.2) is 95.7 Å². The van der Waals surface area contributed by atoms with E-state index in [9.17, 15) is 4.79 Å². The Morgan fingerprint density at radius 2 is 1.31 bits per heavy atom. The molecule has 0 aliphatic carbocycles. The number of hydrogen-bond acceptors (Lipinski definition) is 2. The van der Waals surface area contributed by atoms with Gasteiger partial charge >= 0.3 is 6.09 Å². The minimum Gasteiger partial charge on any atom is -0.444 e. The third-order valence-electron chi connectivity index (χ3n) is 5.89. The highest BCUT2D eigenvalue weighted by Gasteiger charge is 2.51. The van der Waals surface area contributed by atoms with E-state index in [0.29, 0.717) is 0 Å². The van der Waals surface area contributed by atoms with Gasteiger partial charge in [0, 0.05) is 12.2 Å². The fourth-order valence-electron chi connectivity index (χ4n) is 4.32. The van der Waals surface area contributed by atoms with Gasteiger partial charge in [0.15, 0.2) is 0 Å². The molecule has 29 heavy (non-hydrogen) atoms. The second-order valence-corrected chi connectivity index (χ2v) is 11.6. The number of carbonyl (C=O) groups excluding carboxylic acids is 1. The predicted molar refractivity (Wildman–Crippen MR) is 121 cm³/mol. The van der Waals surface area contributed by atoms with Crippen LogP contribution in [0.25, 0.3) is 0 Å². The first kappa shape index (κ1) is 19.7. The predicted octanol–water partition coefficient (Wildman–Crippen LogP) is 5.77. The molecule has 0 aromatic heterocycles. The summed E-state index contributed by atoms with van der Waals surface area (Å²) in [4.78, 5) is 12.8. The van der Waals surface area contributed by atoms with Gasteiger partial charge in [-0.25, -0.2) is 4.79 Å². The number of rotatable bonds is 5. The number of nitrogens with zero attached hydrogens (tertiary/aromatic N) is 1. The van der Waals surface area contributed by atoms with Gasteiger partial charge in [0.05, 0.1) is 0 Å². The van der Waals surface area contributed by atoms with Gasteiger partial charge in [-0.3, -0.25) is 0 Å². The summed E-state index contributed by atoms with van der Waals surface area (Å²) < 4.78 is 10.6. The summed E-state index contributed by atoms with van der Waals surface area (Å²) in [5, 5.41) is 1.92. The summed E-state index contributed by atoms with van der Waals surface area (Å²) in [6, 6.07) is 31.0. The third-order valence-corrected chi connectivity index (χ3v) is 10.4. The molecule has 0 fully saturated rings. The van der Waals surface area contributed by atoms with Crippen molar-refractivity contribution < 1.29 is 9.53 Å². The molecule has 0 saturated heterocycles. The SMILES string of the molecule is CC1(C)C(CCc2ccccc2)OC(=O)N=P1(c1ccccc1)c1ccccc1. The highest BCUT2D eigenvalue weighted by atomic mass is 31.2. The number of carbonyl (C=O) groups is 1. The van der Waals surface area contributed by atoms with Crippen LogP contribution in [0, 0.1) is 0 Å². The largest absolute Gasteiger partial charge is 0.444 e. The molecular weight excluding hydrogens is 377 g/mol. The number of aryl methyl sites for hydroxylation is 1. The van der Waals surface area contributed by atoms with Gasteiger partial charge in [0.1, 0.15) is 6.10 Å². The number of ether oxygens (including phenoxy) is 1. The molecule has 0 N–H and O–H groups in total. The number of benzene rings is 3. The van der Waals surface area contributed by atoms with E-state index in [1.165, 1.54) is 5.56 Å². The Morgan fingerprint density at radius 3 is 1.83 bits per heavy atom. The monoisotopic (exact) mass is 403 g/mol. The molecule has 3 aromatic rings. The highest BCUT2D eigenvalue weighted by molar-refractivity contribution is 7.82. The maximum absolute atomic E-state index is 12.8. The molecule has 1 heterocycles. The van der Waals surface area contributed by atoms with E-state index < -0.39 is 13.1 Å². The zero-order chi connectivity index (χ0) is 20.3. The van der Waals surface area contributed by atoms with E-state index >= 15 is 0 Å². The van der Waals surface area contributed by atoms with Crippen LogP contribution in [0.4, 0.5) is 4.79 Å². The van der Waals surface area contributed by atoms with Crippen LogP contribution in [0.2, 0.25) is 0 Å². The van der Waals surface area contributed by atoms with E-state index in [0.717, 1.165) is 23.5 Å². The van der Waals surface area contributed by atoms with Crippen molar-refractivity contribution in [2.45, 2.75) is 37.9 Å². The fourth-order valence-corrected chi connectivity index (χ4v) is 8.54. The van der Waals surface area contributed by atoms with Gasteiger partial charge in [0.2, 0.25) is 0 Å². The zero-order valence-electron chi connectivity index (χ0n) is 16.9. The van der Waals surface area contributed by atoms with E-state index in [4.69, 9.17) is 9.48 Å². The molecule has 4 heteroatoms. The summed E-state index contributed by atoms with van der Waals surface area (Å²) in [5.41, 5.74) is 1.25. The Kier molecular flexibility index (Phi) is 5.43. The minimum atomic E-state index is -2.38. The Balaban J connectivity index is 1.82. The van der Waals surface area contributed by atoms with Crippen LogP contribution >= 0.6 is 7.05 Å². The van der Waals surface area contributed by atoms with Gasteiger partial charge in [-0.2, -0.15) is 4.74 Å². The first-order valence-electron chi connectivity index (χ1n) is 10.0. The van der Waals surface area contributed by atoms with Crippen molar-refractivity contribution in [1.29, 1.82) is 0 Å². The van der Waals surface area contributed by atoms with Gasteiger partial charge < -0.3 is 4.74 Å². The summed E-state index contributed by atoms with van der Waals surface area (Å²) in [6.45, 7) is 4.43. The van der Waals surface area contributed by atoms with Crippen LogP contribution in [-0.4, -0.2) is 17.4 Å². The fraction of sp³-hybridized carbons (Fsp3) is 0.240. The first-order chi connectivity index (χ1) is 14.0. The highest BCUT2D eigenvalue weighted by Crippen LogP contribution is 2.63. The normalized spacial score (nSPS) is 19.8. The van der Waals surface area contributed by atoms with Crippen molar-refractivity contribution in [2.75, 3.05) is 0 Å². The lowest BCUT2D eigenvalue weighted by Crippen LogP contribution is -2.48. The molecule has 3 nitrogen and oxygen atoms in total. The molecule has 1 aliphatic rings. The van der Waals surface area contributed by atoms with Gasteiger partial charge in [-0.1, -0.05) is 105 Å². The first-order valence-corrected chi connectivity index (χ1v) is 11.8. The van der Waals surface area contributed by atoms with Crippen molar-refractivity contribution in [2.24, 2.45) is 4.74 Å². The molecular formula is C25H26NO2P. The van der Waals surface area contributed by atoms with Gasteiger partial charge in [-0.15, -0.1) is 0 Å². The molecule has 1 atom stereocenters. The van der Waals surface area contributed by atoms with Crippen LogP contribution in [0.3, 0.4) is 0 Å².